The van der Waals surface area contributed by atoms with Gasteiger partial charge in [0.1, 0.15) is 5.60 Å². The number of ether oxygens (including phenoxy) is 2. The number of aryl methyl sites for hydroxylation is 2. The Bertz CT molecular complexity index is 1610. The van der Waals surface area contributed by atoms with Gasteiger partial charge in [0, 0.05) is 61.3 Å². The number of pyridine rings is 2. The molecule has 2 fully saturated rings. The third-order valence-corrected chi connectivity index (χ3v) is 8.77. The van der Waals surface area contributed by atoms with Gasteiger partial charge < -0.3 is 19.3 Å². The highest BCUT2D eigenvalue weighted by atomic mass is 16.6. The summed E-state index contributed by atoms with van der Waals surface area (Å²) >= 11 is 0. The van der Waals surface area contributed by atoms with Crippen LogP contribution in [0.3, 0.4) is 0 Å². The fourth-order valence-electron chi connectivity index (χ4n) is 6.53. The fourth-order valence-corrected chi connectivity index (χ4v) is 6.53. The summed E-state index contributed by atoms with van der Waals surface area (Å²) in [6, 6.07) is 17.0. The second kappa shape index (κ2) is 13.7. The Hall–Kier alpha value is -3.82. The number of anilines is 1. The zero-order valence-corrected chi connectivity index (χ0v) is 27.1. The summed E-state index contributed by atoms with van der Waals surface area (Å²) in [6.45, 7) is 13.8. The number of carbonyl (C=O) groups is 1. The van der Waals surface area contributed by atoms with Crippen LogP contribution in [0.1, 0.15) is 62.9 Å². The maximum absolute atomic E-state index is 13.3. The van der Waals surface area contributed by atoms with Crippen molar-refractivity contribution >= 4 is 22.7 Å². The van der Waals surface area contributed by atoms with Crippen molar-refractivity contribution in [1.29, 1.82) is 0 Å². The van der Waals surface area contributed by atoms with Crippen molar-refractivity contribution in [3.63, 3.8) is 0 Å². The quantitative estimate of drug-likeness (QED) is 0.211. The molecule has 2 aliphatic rings. The highest BCUT2D eigenvalue weighted by Crippen LogP contribution is 2.32. The van der Waals surface area contributed by atoms with Gasteiger partial charge in [-0.2, -0.15) is 5.10 Å². The molecular formula is C36H46N6O3. The first-order valence-electron chi connectivity index (χ1n) is 16.3. The van der Waals surface area contributed by atoms with Crippen molar-refractivity contribution in [3.8, 4) is 5.69 Å². The summed E-state index contributed by atoms with van der Waals surface area (Å²) < 4.78 is 13.4. The molecule has 4 aromatic rings. The first-order chi connectivity index (χ1) is 21.7. The molecule has 45 heavy (non-hydrogen) atoms. The third kappa shape index (κ3) is 8.27. The van der Waals surface area contributed by atoms with Gasteiger partial charge in [0.05, 0.1) is 31.0 Å². The molecule has 0 bridgehead atoms. The molecule has 2 aliphatic heterocycles. The number of morpholine rings is 1. The van der Waals surface area contributed by atoms with E-state index in [-0.39, 0.29) is 11.9 Å². The summed E-state index contributed by atoms with van der Waals surface area (Å²) in [7, 11) is 0. The van der Waals surface area contributed by atoms with E-state index in [4.69, 9.17) is 19.6 Å². The number of aromatic nitrogens is 4. The van der Waals surface area contributed by atoms with Gasteiger partial charge in [-0.25, -0.2) is 14.6 Å². The number of benzene rings is 1. The summed E-state index contributed by atoms with van der Waals surface area (Å²) in [5, 5.41) is 5.79. The second-order valence-corrected chi connectivity index (χ2v) is 13.6. The van der Waals surface area contributed by atoms with Crippen LogP contribution >= 0.6 is 0 Å². The van der Waals surface area contributed by atoms with Crippen LogP contribution in [0, 0.1) is 12.8 Å². The summed E-state index contributed by atoms with van der Waals surface area (Å²) in [5.74, 6) is 0.423. The third-order valence-electron chi connectivity index (χ3n) is 8.77. The van der Waals surface area contributed by atoms with Gasteiger partial charge in [-0.15, -0.1) is 0 Å². The van der Waals surface area contributed by atoms with Crippen molar-refractivity contribution in [2.45, 2.75) is 64.9 Å². The summed E-state index contributed by atoms with van der Waals surface area (Å²) in [4.78, 5) is 27.4. The molecule has 9 nitrogen and oxygen atoms in total. The van der Waals surface area contributed by atoms with Crippen molar-refractivity contribution < 1.29 is 14.3 Å². The minimum Gasteiger partial charge on any atom is -0.460 e. The van der Waals surface area contributed by atoms with E-state index in [1.54, 1.807) is 6.20 Å². The van der Waals surface area contributed by atoms with Gasteiger partial charge in [-0.3, -0.25) is 4.79 Å². The van der Waals surface area contributed by atoms with Crippen LogP contribution in [0.15, 0.2) is 60.9 Å². The fraction of sp³-hybridized carbons (Fsp3) is 0.500. The molecule has 0 aliphatic carbocycles. The first-order valence-corrected chi connectivity index (χ1v) is 16.3. The van der Waals surface area contributed by atoms with E-state index in [0.29, 0.717) is 25.6 Å². The Morgan fingerprint density at radius 2 is 1.89 bits per heavy atom. The summed E-state index contributed by atoms with van der Waals surface area (Å²) in [5.41, 5.74) is 5.65. The zero-order chi connectivity index (χ0) is 31.4. The van der Waals surface area contributed by atoms with Crippen LogP contribution in [0.4, 0.5) is 5.69 Å². The molecule has 0 radical (unpaired) electrons. The molecular weight excluding hydrogens is 564 g/mol. The van der Waals surface area contributed by atoms with Gasteiger partial charge >= 0.3 is 5.97 Å². The van der Waals surface area contributed by atoms with E-state index in [9.17, 15) is 4.79 Å². The maximum atomic E-state index is 13.3. The topological polar surface area (TPSA) is 85.6 Å². The van der Waals surface area contributed by atoms with Gasteiger partial charge in [0.15, 0.2) is 5.65 Å². The second-order valence-electron chi connectivity index (χ2n) is 13.6. The van der Waals surface area contributed by atoms with E-state index in [0.717, 1.165) is 91.3 Å². The molecule has 9 heteroatoms. The van der Waals surface area contributed by atoms with Gasteiger partial charge in [0.25, 0.3) is 0 Å². The van der Waals surface area contributed by atoms with Crippen molar-refractivity contribution in [1.82, 2.24) is 24.6 Å². The number of hydrogen-bond donors (Lipinski definition) is 0. The Balaban J connectivity index is 1.21. The highest BCUT2D eigenvalue weighted by Gasteiger charge is 2.29. The van der Waals surface area contributed by atoms with Crippen LogP contribution < -0.4 is 4.90 Å². The Kier molecular flexibility index (Phi) is 9.47. The number of hydrogen-bond acceptors (Lipinski definition) is 8. The lowest BCUT2D eigenvalue weighted by Crippen LogP contribution is -2.36. The molecule has 0 saturated carbocycles. The lowest BCUT2D eigenvalue weighted by atomic mass is 9.93. The lowest BCUT2D eigenvalue weighted by molar-refractivity contribution is -0.155. The zero-order valence-electron chi connectivity index (χ0n) is 27.1. The standard InChI is InChI=1S/C36H46N6O3/c1-26-11-15-42(39-26)33-21-29(20-32(23-33)41-16-18-44-19-17-41)30(22-34(43)45-36(2,3)4)25-40-14-12-27(24-40)7-9-31-10-8-28-6-5-13-37-35(28)38-31/h5-6,8,10-11,13,15,20-21,23,27,30H,7,9,12,14,16-19,22,24-25H2,1-4H3. The Morgan fingerprint density at radius 1 is 1.07 bits per heavy atom. The maximum Gasteiger partial charge on any atom is 0.306 e. The molecule has 1 aromatic carbocycles. The monoisotopic (exact) mass is 610 g/mol. The molecule has 3 aromatic heterocycles. The van der Waals surface area contributed by atoms with Gasteiger partial charge in [0.2, 0.25) is 0 Å². The smallest absolute Gasteiger partial charge is 0.306 e. The molecule has 238 valence electrons. The number of fused-ring (bicyclic) bond motifs is 1. The Morgan fingerprint density at radius 3 is 2.67 bits per heavy atom. The summed E-state index contributed by atoms with van der Waals surface area (Å²) in [6.07, 6.45) is 7.32. The van der Waals surface area contributed by atoms with Crippen LogP contribution in [0.2, 0.25) is 0 Å². The number of carbonyl (C=O) groups excluding carboxylic acids is 1. The average molecular weight is 611 g/mol. The highest BCUT2D eigenvalue weighted by molar-refractivity contribution is 5.74. The largest absolute Gasteiger partial charge is 0.460 e. The predicted octanol–water partition coefficient (Wildman–Crippen LogP) is 5.73. The molecule has 0 N–H and O–H groups in total. The van der Waals surface area contributed by atoms with E-state index in [1.165, 1.54) is 0 Å². The molecule has 2 saturated heterocycles. The lowest BCUT2D eigenvalue weighted by Gasteiger charge is -2.31. The van der Waals surface area contributed by atoms with Crippen LogP contribution in [0.25, 0.3) is 16.7 Å². The van der Waals surface area contributed by atoms with Crippen LogP contribution in [-0.2, 0) is 20.7 Å². The van der Waals surface area contributed by atoms with Crippen LogP contribution in [0.5, 0.6) is 0 Å². The molecule has 6 rings (SSSR count). The van der Waals surface area contributed by atoms with E-state index < -0.39 is 5.60 Å². The molecule has 5 heterocycles. The number of rotatable bonds is 10. The number of nitrogens with zero attached hydrogens (tertiary/aromatic N) is 6. The SMILES string of the molecule is Cc1ccn(-c2cc(C(CC(=O)OC(C)(C)C)CN3CCC(CCc4ccc5cccnc5n4)C3)cc(N3CCOCC3)c2)n1. The van der Waals surface area contributed by atoms with E-state index in [2.05, 4.69) is 51.2 Å². The molecule has 2 atom stereocenters. The first kappa shape index (κ1) is 31.2. The molecule has 2 unspecified atom stereocenters. The molecule has 0 spiro atoms. The average Bonchev–Trinajstić information content (AvgIpc) is 3.67. The number of likely N-dealkylation sites (tertiary alicyclic amines) is 1. The minimum atomic E-state index is -0.528. The normalized spacial score (nSPS) is 18.4. The predicted molar refractivity (Wildman–Crippen MR) is 177 cm³/mol. The van der Waals surface area contributed by atoms with Crippen molar-refractivity contribution in [2.75, 3.05) is 50.8 Å². The number of esters is 1. The van der Waals surface area contributed by atoms with E-state index in [1.807, 2.05) is 50.7 Å². The van der Waals surface area contributed by atoms with E-state index >= 15 is 0 Å². The van der Waals surface area contributed by atoms with Gasteiger partial charge in [-0.1, -0.05) is 0 Å². The Labute approximate surface area is 266 Å². The van der Waals surface area contributed by atoms with Crippen LogP contribution in [-0.4, -0.2) is 82.2 Å². The molecule has 0 amide bonds. The van der Waals surface area contributed by atoms with Crippen molar-refractivity contribution in [2.24, 2.45) is 5.92 Å². The minimum absolute atomic E-state index is 0.0109. The van der Waals surface area contributed by atoms with Gasteiger partial charge in [-0.05, 0) is 114 Å². The van der Waals surface area contributed by atoms with Crippen molar-refractivity contribution in [3.05, 3.63) is 77.9 Å².